The van der Waals surface area contributed by atoms with Gasteiger partial charge in [-0.2, -0.15) is 0 Å². The quantitative estimate of drug-likeness (QED) is 0.640. The van der Waals surface area contributed by atoms with E-state index in [2.05, 4.69) is 89.2 Å². The molecule has 0 spiro atoms. The molecule has 1 N–H and O–H groups in total. The van der Waals surface area contributed by atoms with Crippen LogP contribution >= 0.6 is 22.6 Å². The van der Waals surface area contributed by atoms with Crippen LogP contribution in [0.25, 0.3) is 10.9 Å². The maximum absolute atomic E-state index is 5.55. The minimum Gasteiger partial charge on any atom is -0.383 e. The van der Waals surface area contributed by atoms with Crippen LogP contribution in [0.4, 0.5) is 0 Å². The lowest BCUT2D eigenvalue weighted by Crippen LogP contribution is -2.29. The summed E-state index contributed by atoms with van der Waals surface area (Å²) in [6, 6.07) is 17.1. The lowest BCUT2D eigenvalue weighted by atomic mass is 9.77. The van der Waals surface area contributed by atoms with Gasteiger partial charge >= 0.3 is 0 Å². The summed E-state index contributed by atoms with van der Waals surface area (Å²) in [4.78, 5) is 3.38. The van der Waals surface area contributed by atoms with Gasteiger partial charge < -0.3 is 9.72 Å². The van der Waals surface area contributed by atoms with Crippen molar-refractivity contribution in [3.63, 3.8) is 0 Å². The van der Waals surface area contributed by atoms with Crippen LogP contribution in [-0.4, -0.2) is 18.7 Å². The number of hydrogen-bond acceptors (Lipinski definition) is 1. The fourth-order valence-corrected chi connectivity index (χ4v) is 3.31. The lowest BCUT2D eigenvalue weighted by molar-refractivity contribution is 0.156. The molecule has 0 saturated carbocycles. The van der Waals surface area contributed by atoms with Gasteiger partial charge in [0, 0.05) is 33.2 Å². The minimum absolute atomic E-state index is 0.168. The summed E-state index contributed by atoms with van der Waals surface area (Å²) in [6.07, 6.45) is 2.11. The smallest absolute Gasteiger partial charge is 0.0598 e. The summed E-state index contributed by atoms with van der Waals surface area (Å²) in [5.74, 6) is 0. The number of aromatic amines is 1. The molecule has 0 saturated heterocycles. The number of H-pyrrole nitrogens is 1. The molecule has 0 radical (unpaired) electrons. The summed E-state index contributed by atoms with van der Waals surface area (Å²) in [6.45, 7) is 2.89. The Morgan fingerprint density at radius 3 is 2.52 bits per heavy atom. The molecule has 0 bridgehead atoms. The first-order valence-corrected chi connectivity index (χ1v) is 8.04. The number of ether oxygens (including phenoxy) is 1. The van der Waals surface area contributed by atoms with Gasteiger partial charge in [0.05, 0.1) is 6.61 Å². The fraction of sp³-hybridized carbons (Fsp3) is 0.222. The SMILES string of the molecule is COCC(C)(c1ccc(I)cc1)c1c[nH]c2ccccc12. The van der Waals surface area contributed by atoms with E-state index in [0.717, 1.165) is 0 Å². The first kappa shape index (κ1) is 14.6. The molecule has 1 atom stereocenters. The highest BCUT2D eigenvalue weighted by atomic mass is 127. The van der Waals surface area contributed by atoms with E-state index in [9.17, 15) is 0 Å². The van der Waals surface area contributed by atoms with Gasteiger partial charge in [-0.25, -0.2) is 0 Å². The molecule has 3 heteroatoms. The van der Waals surface area contributed by atoms with E-state index in [1.807, 2.05) is 0 Å². The Labute approximate surface area is 138 Å². The second-order valence-corrected chi connectivity index (χ2v) is 6.77. The third kappa shape index (κ3) is 2.60. The number of nitrogens with one attached hydrogen (secondary N) is 1. The molecular weight excluding hydrogens is 373 g/mol. The molecule has 1 heterocycles. The summed E-state index contributed by atoms with van der Waals surface area (Å²) >= 11 is 2.34. The Hall–Kier alpha value is -1.33. The van der Waals surface area contributed by atoms with Crippen LogP contribution in [0.3, 0.4) is 0 Å². The Bertz CT molecular complexity index is 747. The van der Waals surface area contributed by atoms with Crippen molar-refractivity contribution in [1.29, 1.82) is 0 Å². The molecule has 2 nitrogen and oxygen atoms in total. The topological polar surface area (TPSA) is 25.0 Å². The molecule has 2 aromatic carbocycles. The Morgan fingerprint density at radius 2 is 1.81 bits per heavy atom. The van der Waals surface area contributed by atoms with Crippen molar-refractivity contribution >= 4 is 33.5 Å². The Kier molecular flexibility index (Phi) is 4.04. The van der Waals surface area contributed by atoms with E-state index in [0.29, 0.717) is 6.61 Å². The predicted octanol–water partition coefficient (Wildman–Crippen LogP) is 4.72. The van der Waals surface area contributed by atoms with Crippen LogP contribution < -0.4 is 0 Å². The maximum Gasteiger partial charge on any atom is 0.0598 e. The zero-order valence-electron chi connectivity index (χ0n) is 12.2. The summed E-state index contributed by atoms with van der Waals surface area (Å²) in [7, 11) is 1.76. The number of hydrogen-bond donors (Lipinski definition) is 1. The summed E-state index contributed by atoms with van der Waals surface area (Å²) in [5.41, 5.74) is 3.55. The van der Waals surface area contributed by atoms with Crippen molar-refractivity contribution in [1.82, 2.24) is 4.98 Å². The van der Waals surface area contributed by atoms with E-state index in [4.69, 9.17) is 4.74 Å². The summed E-state index contributed by atoms with van der Waals surface area (Å²) in [5, 5.41) is 1.26. The highest BCUT2D eigenvalue weighted by Crippen LogP contribution is 2.36. The number of halogens is 1. The Morgan fingerprint density at radius 1 is 1.10 bits per heavy atom. The maximum atomic E-state index is 5.55. The van der Waals surface area contributed by atoms with E-state index in [-0.39, 0.29) is 5.41 Å². The average molecular weight is 391 g/mol. The van der Waals surface area contributed by atoms with Crippen molar-refractivity contribution < 1.29 is 4.74 Å². The number of fused-ring (bicyclic) bond motifs is 1. The predicted molar refractivity (Wildman–Crippen MR) is 95.8 cm³/mol. The molecular formula is C18H18INO. The highest BCUT2D eigenvalue weighted by Gasteiger charge is 2.31. The molecule has 0 aliphatic rings. The molecule has 21 heavy (non-hydrogen) atoms. The van der Waals surface area contributed by atoms with Gasteiger partial charge in [0.25, 0.3) is 0 Å². The molecule has 1 aromatic heterocycles. The molecule has 0 aliphatic heterocycles. The van der Waals surface area contributed by atoms with E-state index >= 15 is 0 Å². The van der Waals surface area contributed by atoms with Crippen LogP contribution in [0.1, 0.15) is 18.1 Å². The first-order chi connectivity index (χ1) is 10.1. The molecule has 3 aromatic rings. The fourth-order valence-electron chi connectivity index (χ4n) is 2.95. The zero-order valence-corrected chi connectivity index (χ0v) is 14.3. The lowest BCUT2D eigenvalue weighted by Gasteiger charge is -2.29. The molecule has 0 amide bonds. The monoisotopic (exact) mass is 391 g/mol. The molecule has 108 valence electrons. The van der Waals surface area contributed by atoms with Gasteiger partial charge in [-0.1, -0.05) is 30.3 Å². The zero-order chi connectivity index (χ0) is 14.9. The van der Waals surface area contributed by atoms with Crippen LogP contribution in [0.15, 0.2) is 54.7 Å². The van der Waals surface area contributed by atoms with Gasteiger partial charge in [-0.3, -0.25) is 0 Å². The third-order valence-corrected chi connectivity index (χ3v) is 4.82. The Balaban J connectivity index is 2.18. The molecule has 1 unspecified atom stereocenters. The van der Waals surface area contributed by atoms with Gasteiger partial charge in [0.2, 0.25) is 0 Å². The normalized spacial score (nSPS) is 14.2. The number of aromatic nitrogens is 1. The molecule has 0 aliphatic carbocycles. The van der Waals surface area contributed by atoms with E-state index in [1.54, 1.807) is 7.11 Å². The standard InChI is InChI=1S/C18H18INO/c1-18(12-21-2,13-7-9-14(19)10-8-13)16-11-20-17-6-4-3-5-15(16)17/h3-11,20H,12H2,1-2H3. The number of methoxy groups -OCH3 is 1. The van der Waals surface area contributed by atoms with Crippen molar-refractivity contribution in [2.24, 2.45) is 0 Å². The van der Waals surface area contributed by atoms with E-state index < -0.39 is 0 Å². The number of benzene rings is 2. The van der Waals surface area contributed by atoms with Gasteiger partial charge in [0.1, 0.15) is 0 Å². The molecule has 0 fully saturated rings. The first-order valence-electron chi connectivity index (χ1n) is 6.97. The summed E-state index contributed by atoms with van der Waals surface area (Å²) < 4.78 is 6.79. The van der Waals surface area contributed by atoms with Crippen molar-refractivity contribution in [2.45, 2.75) is 12.3 Å². The highest BCUT2D eigenvalue weighted by molar-refractivity contribution is 14.1. The average Bonchev–Trinajstić information content (AvgIpc) is 2.92. The van der Waals surface area contributed by atoms with Crippen molar-refractivity contribution in [2.75, 3.05) is 13.7 Å². The number of para-hydroxylation sites is 1. The van der Waals surface area contributed by atoms with E-state index in [1.165, 1.54) is 25.6 Å². The van der Waals surface area contributed by atoms with Crippen LogP contribution in [0.5, 0.6) is 0 Å². The van der Waals surface area contributed by atoms with Crippen LogP contribution in [0.2, 0.25) is 0 Å². The van der Waals surface area contributed by atoms with Gasteiger partial charge in [-0.05, 0) is 58.8 Å². The third-order valence-electron chi connectivity index (χ3n) is 4.10. The van der Waals surface area contributed by atoms with Crippen molar-refractivity contribution in [3.8, 4) is 0 Å². The molecule has 3 rings (SSSR count). The largest absolute Gasteiger partial charge is 0.383 e. The van der Waals surface area contributed by atoms with Crippen molar-refractivity contribution in [3.05, 3.63) is 69.4 Å². The van der Waals surface area contributed by atoms with Gasteiger partial charge in [0.15, 0.2) is 0 Å². The van der Waals surface area contributed by atoms with Crippen LogP contribution in [0, 0.1) is 3.57 Å². The minimum atomic E-state index is -0.168. The number of rotatable bonds is 4. The van der Waals surface area contributed by atoms with Gasteiger partial charge in [-0.15, -0.1) is 0 Å². The van der Waals surface area contributed by atoms with Crippen LogP contribution in [-0.2, 0) is 10.2 Å². The second kappa shape index (κ2) is 5.81. The second-order valence-electron chi connectivity index (χ2n) is 5.52.